The van der Waals surface area contributed by atoms with Crippen LogP contribution in [0.25, 0.3) is 69.2 Å². The van der Waals surface area contributed by atoms with E-state index in [-0.39, 0.29) is 0 Å². The molecule has 0 radical (unpaired) electrons. The topological polar surface area (TPSA) is 0 Å². The number of thiophene rings is 4. The highest BCUT2D eigenvalue weighted by atomic mass is 32.2. The summed E-state index contributed by atoms with van der Waals surface area (Å²) in [6.45, 7) is 21.6. The van der Waals surface area contributed by atoms with Crippen molar-refractivity contribution in [3.8, 4) is 29.9 Å². The molecule has 1 saturated carbocycles. The standard InChI is InChI=1S/C81H100S5/c1-11-20-28-50(15-5)40-56-46-71(83-68(56)19-9)79-57(41-51(16-6)29-21-12-2)47-69(84-79)75-62-34-26-24-32-60(62)66-44-55-37-39-65-76(63-35-27-25-33-61(63)67-45-54-36-38-64(75)77(66)73(54)74(55)78(65)67)70-48-58(42-52(17-7)30-22-13-3)80(85-70)72-49-59(81(82-10)86-72)43-53(18-8)31-23-14-4/h24-27,32-35,37-39,44-54,61,63,65,76H,11-23,28-31,36,40-43H2,1-10H3. The van der Waals surface area contributed by atoms with Crippen molar-refractivity contribution in [1.82, 2.24) is 0 Å². The molecule has 0 bridgehead atoms. The SMILES string of the molecule is CCCCC(CC)Cc1cc(-c2sc(-c3c4c5c6c7c(cc5c5ccccc35)C=CC3C=7C(=CC6CC=4)C4C=CC=CC4C3c3cc(CC(CC)CCCC)c(-c4cc(CC(CC)CCCC)c(SC)s4)s3)cc2CC(CC)CCCC)sc1CC. The Bertz CT molecular complexity index is 3790. The maximum Gasteiger partial charge on any atom is 0.0634 e. The molecule has 0 aliphatic heterocycles. The summed E-state index contributed by atoms with van der Waals surface area (Å²) in [6.07, 6.45) is 50.9. The second kappa shape index (κ2) is 28.0. The normalized spacial score (nSPS) is 20.4. The van der Waals surface area contributed by atoms with E-state index in [9.17, 15) is 0 Å². The lowest BCUT2D eigenvalue weighted by Crippen LogP contribution is -2.41. The molecule has 7 aromatic rings. The highest BCUT2D eigenvalue weighted by Crippen LogP contribution is 2.59. The molecule has 0 amide bonds. The smallest absolute Gasteiger partial charge is 0.0634 e. The number of aryl methyl sites for hydroxylation is 1. The number of thioether (sulfide) groups is 1. The van der Waals surface area contributed by atoms with Gasteiger partial charge in [0.05, 0.1) is 4.21 Å². The maximum absolute atomic E-state index is 2.82. The molecule has 5 aliphatic rings. The minimum atomic E-state index is 0.311. The Labute approximate surface area is 539 Å². The summed E-state index contributed by atoms with van der Waals surface area (Å²) in [5.74, 6) is 4.75. The van der Waals surface area contributed by atoms with Crippen LogP contribution in [0.1, 0.15) is 226 Å². The average molecular weight is 1230 g/mol. The first kappa shape index (κ1) is 62.2. The summed E-state index contributed by atoms with van der Waals surface area (Å²) in [5, 5.41) is 8.91. The predicted molar refractivity (Wildman–Crippen MR) is 388 cm³/mol. The summed E-state index contributed by atoms with van der Waals surface area (Å²) in [5.41, 5.74) is 14.3. The largest absolute Gasteiger partial charge is 0.139 e. The zero-order chi connectivity index (χ0) is 59.6. The molecule has 4 heterocycles. The van der Waals surface area contributed by atoms with Gasteiger partial charge >= 0.3 is 0 Å². The Morgan fingerprint density at radius 1 is 0.558 bits per heavy atom. The third kappa shape index (κ3) is 12.0. The monoisotopic (exact) mass is 1230 g/mol. The van der Waals surface area contributed by atoms with E-state index in [2.05, 4.69) is 217 Å². The van der Waals surface area contributed by atoms with E-state index in [1.54, 1.807) is 67.9 Å². The summed E-state index contributed by atoms with van der Waals surface area (Å²) in [7, 11) is 0. The van der Waals surface area contributed by atoms with Crippen LogP contribution in [0.5, 0.6) is 0 Å². The number of hydrogen-bond acceptors (Lipinski definition) is 5. The number of rotatable bonds is 30. The zero-order valence-corrected chi connectivity index (χ0v) is 58.2. The number of allylic oxidation sites excluding steroid dienone is 7. The maximum atomic E-state index is 2.82. The van der Waals surface area contributed by atoms with Gasteiger partial charge in [0, 0.05) is 63.4 Å². The first-order valence-electron chi connectivity index (χ1n) is 34.7. The van der Waals surface area contributed by atoms with Crippen LogP contribution in [0.4, 0.5) is 0 Å². The van der Waals surface area contributed by atoms with Crippen molar-refractivity contribution >= 4 is 96.4 Å². The summed E-state index contributed by atoms with van der Waals surface area (Å²) < 4.78 is 1.54. The number of benzene rings is 3. The molecule has 86 heavy (non-hydrogen) atoms. The van der Waals surface area contributed by atoms with Crippen LogP contribution in [0.3, 0.4) is 0 Å². The Hall–Kier alpha value is -3.97. The van der Waals surface area contributed by atoms with Gasteiger partial charge in [-0.25, -0.2) is 0 Å². The van der Waals surface area contributed by atoms with Crippen molar-refractivity contribution in [2.75, 3.05) is 6.26 Å². The molecule has 5 aliphatic carbocycles. The second-order valence-corrected chi connectivity index (χ2v) is 32.3. The lowest BCUT2D eigenvalue weighted by molar-refractivity contribution is 0.372. The van der Waals surface area contributed by atoms with E-state index in [4.69, 9.17) is 0 Å². The van der Waals surface area contributed by atoms with E-state index in [0.29, 0.717) is 41.4 Å². The Morgan fingerprint density at radius 2 is 1.14 bits per heavy atom. The van der Waals surface area contributed by atoms with Crippen molar-refractivity contribution < 1.29 is 0 Å². The molecule has 0 spiro atoms. The van der Waals surface area contributed by atoms with Crippen molar-refractivity contribution in [2.24, 2.45) is 41.4 Å². The van der Waals surface area contributed by atoms with Gasteiger partial charge in [0.25, 0.3) is 0 Å². The fourth-order valence-electron chi connectivity index (χ4n) is 16.6. The quantitative estimate of drug-likeness (QED) is 0.0319. The minimum Gasteiger partial charge on any atom is -0.139 e. The van der Waals surface area contributed by atoms with E-state index in [1.807, 2.05) is 11.8 Å². The van der Waals surface area contributed by atoms with E-state index >= 15 is 0 Å². The van der Waals surface area contributed by atoms with Gasteiger partial charge in [-0.1, -0.05) is 238 Å². The van der Waals surface area contributed by atoms with Gasteiger partial charge in [0.2, 0.25) is 0 Å². The first-order valence-corrected chi connectivity index (χ1v) is 39.2. The second-order valence-electron chi connectivity index (χ2n) is 26.9. The summed E-state index contributed by atoms with van der Waals surface area (Å²) in [6, 6.07) is 23.1. The number of hydrogen-bond donors (Lipinski definition) is 0. The van der Waals surface area contributed by atoms with Crippen LogP contribution < -0.4 is 10.4 Å². The Kier molecular flexibility index (Phi) is 20.3. The van der Waals surface area contributed by atoms with Crippen LogP contribution in [0.15, 0.2) is 101 Å². The lowest BCUT2D eigenvalue weighted by atomic mass is 9.56. The van der Waals surface area contributed by atoms with Gasteiger partial charge in [0.1, 0.15) is 0 Å². The molecule has 0 N–H and O–H groups in total. The molecule has 0 saturated heterocycles. The van der Waals surface area contributed by atoms with Gasteiger partial charge in [-0.3, -0.25) is 0 Å². The van der Waals surface area contributed by atoms with Crippen molar-refractivity contribution in [2.45, 2.75) is 220 Å². The molecular weight excluding hydrogens is 1130 g/mol. The van der Waals surface area contributed by atoms with Crippen LogP contribution >= 0.6 is 57.1 Å². The van der Waals surface area contributed by atoms with Crippen molar-refractivity contribution in [1.29, 1.82) is 0 Å². The zero-order valence-electron chi connectivity index (χ0n) is 54.1. The first-order chi connectivity index (χ1) is 42.2. The molecule has 5 heteroatoms. The van der Waals surface area contributed by atoms with Gasteiger partial charge < -0.3 is 0 Å². The predicted octanol–water partition coefficient (Wildman–Crippen LogP) is 24.7. The summed E-state index contributed by atoms with van der Waals surface area (Å²) >= 11 is 10.5. The minimum absolute atomic E-state index is 0.311. The fraction of sp³-hybridized carbons (Fsp3) is 0.506. The van der Waals surface area contributed by atoms with Crippen LogP contribution in [0, 0.1) is 41.4 Å². The lowest BCUT2D eigenvalue weighted by Gasteiger charge is -2.47. The molecular formula is C81H100S5. The van der Waals surface area contributed by atoms with Gasteiger partial charge in [0.15, 0.2) is 0 Å². The van der Waals surface area contributed by atoms with Gasteiger partial charge in [-0.15, -0.1) is 57.1 Å². The highest BCUT2D eigenvalue weighted by molar-refractivity contribution is 8.00. The van der Waals surface area contributed by atoms with E-state index in [1.165, 1.54) is 181 Å². The summed E-state index contributed by atoms with van der Waals surface area (Å²) in [4.78, 5) is 10.9. The van der Waals surface area contributed by atoms with Crippen molar-refractivity contribution in [3.05, 3.63) is 150 Å². The van der Waals surface area contributed by atoms with E-state index < -0.39 is 0 Å². The molecule has 4 aromatic heterocycles. The molecule has 454 valence electrons. The molecule has 12 rings (SSSR count). The molecule has 9 atom stereocenters. The third-order valence-electron chi connectivity index (χ3n) is 21.5. The average Bonchev–Trinajstić information content (AvgIpc) is 1.28. The molecule has 9 unspecified atom stereocenters. The van der Waals surface area contributed by atoms with Crippen molar-refractivity contribution in [3.63, 3.8) is 0 Å². The van der Waals surface area contributed by atoms with Crippen LogP contribution in [-0.2, 0) is 32.1 Å². The Morgan fingerprint density at radius 3 is 1.78 bits per heavy atom. The fourth-order valence-corrected chi connectivity index (χ4v) is 22.6. The van der Waals surface area contributed by atoms with Gasteiger partial charge in [-0.2, -0.15) is 0 Å². The number of fused-ring (bicyclic) bond motifs is 4. The van der Waals surface area contributed by atoms with Gasteiger partial charge in [-0.05, 0) is 181 Å². The number of unbranched alkanes of at least 4 members (excludes halogenated alkanes) is 4. The van der Waals surface area contributed by atoms with E-state index in [0.717, 1.165) is 24.7 Å². The molecule has 0 nitrogen and oxygen atoms in total. The van der Waals surface area contributed by atoms with Crippen LogP contribution in [0.2, 0.25) is 0 Å². The third-order valence-corrected chi connectivity index (χ3v) is 28.0. The molecule has 1 fully saturated rings. The molecule has 3 aromatic carbocycles. The Balaban J connectivity index is 1.03. The van der Waals surface area contributed by atoms with Crippen LogP contribution in [-0.4, -0.2) is 6.26 Å². The highest BCUT2D eigenvalue weighted by Gasteiger charge is 2.47.